The summed E-state index contributed by atoms with van der Waals surface area (Å²) in [5.74, 6) is 0.0231. The van der Waals surface area contributed by atoms with E-state index in [-0.39, 0.29) is 12.0 Å². The zero-order valence-electron chi connectivity index (χ0n) is 10.6. The van der Waals surface area contributed by atoms with Crippen molar-refractivity contribution in [3.8, 4) is 18.2 Å². The van der Waals surface area contributed by atoms with Gasteiger partial charge in [0.2, 0.25) is 0 Å². The second-order valence-electron chi connectivity index (χ2n) is 4.75. The summed E-state index contributed by atoms with van der Waals surface area (Å²) in [6, 6.07) is 11.6. The van der Waals surface area contributed by atoms with Gasteiger partial charge in [-0.1, -0.05) is 12.8 Å². The minimum atomic E-state index is 0.0231. The lowest BCUT2D eigenvalue weighted by Crippen LogP contribution is -2.31. The second-order valence-corrected chi connectivity index (χ2v) is 4.75. The fraction of sp³-hybridized carbons (Fsp3) is 0.400. The monoisotopic (exact) mass is 250 g/mol. The number of nitriles is 3. The van der Waals surface area contributed by atoms with E-state index in [1.165, 1.54) is 0 Å². The average Bonchev–Trinajstić information content (AvgIpc) is 2.47. The van der Waals surface area contributed by atoms with E-state index in [0.717, 1.165) is 31.4 Å². The summed E-state index contributed by atoms with van der Waals surface area (Å²) in [5.41, 5.74) is 1.56. The van der Waals surface area contributed by atoms with Gasteiger partial charge in [0.05, 0.1) is 23.1 Å². The van der Waals surface area contributed by atoms with Crippen LogP contribution in [0.3, 0.4) is 0 Å². The molecule has 94 valence electrons. The van der Waals surface area contributed by atoms with Gasteiger partial charge in [0.25, 0.3) is 0 Å². The lowest BCUT2D eigenvalue weighted by atomic mass is 9.85. The van der Waals surface area contributed by atoms with Crippen LogP contribution in [0.25, 0.3) is 0 Å². The molecule has 1 aromatic carbocycles. The Morgan fingerprint density at radius 3 is 2.42 bits per heavy atom. The molecule has 0 bridgehead atoms. The molecule has 19 heavy (non-hydrogen) atoms. The molecule has 1 fully saturated rings. The fourth-order valence-corrected chi connectivity index (χ4v) is 2.50. The summed E-state index contributed by atoms with van der Waals surface area (Å²) < 4.78 is 0. The zero-order valence-corrected chi connectivity index (χ0v) is 10.6. The van der Waals surface area contributed by atoms with Gasteiger partial charge >= 0.3 is 0 Å². The lowest BCUT2D eigenvalue weighted by Gasteiger charge is -2.28. The number of nitrogens with zero attached hydrogens (tertiary/aromatic N) is 3. The normalized spacial score (nSPS) is 21.7. The van der Waals surface area contributed by atoms with E-state index in [1.807, 2.05) is 12.1 Å². The third-order valence-electron chi connectivity index (χ3n) is 3.54. The van der Waals surface area contributed by atoms with E-state index in [1.54, 1.807) is 18.2 Å². The van der Waals surface area contributed by atoms with Crippen molar-refractivity contribution in [2.75, 3.05) is 5.32 Å². The van der Waals surface area contributed by atoms with Crippen molar-refractivity contribution in [1.29, 1.82) is 15.8 Å². The molecule has 0 spiro atoms. The topological polar surface area (TPSA) is 83.4 Å². The Kier molecular flexibility index (Phi) is 4.01. The average molecular weight is 250 g/mol. The maximum atomic E-state index is 9.14. The Bertz CT molecular complexity index is 586. The van der Waals surface area contributed by atoms with E-state index in [2.05, 4.69) is 11.4 Å². The maximum absolute atomic E-state index is 9.14. The molecule has 2 atom stereocenters. The maximum Gasteiger partial charge on any atom is 0.101 e. The summed E-state index contributed by atoms with van der Waals surface area (Å²) in [4.78, 5) is 0. The van der Waals surface area contributed by atoms with Crippen LogP contribution in [-0.2, 0) is 0 Å². The van der Waals surface area contributed by atoms with Gasteiger partial charge in [-0.3, -0.25) is 0 Å². The quantitative estimate of drug-likeness (QED) is 0.874. The van der Waals surface area contributed by atoms with E-state index in [9.17, 15) is 0 Å². The van der Waals surface area contributed by atoms with E-state index in [4.69, 9.17) is 15.8 Å². The molecule has 1 aliphatic rings. The largest absolute Gasteiger partial charge is 0.381 e. The highest BCUT2D eigenvalue weighted by Gasteiger charge is 2.24. The van der Waals surface area contributed by atoms with Crippen molar-refractivity contribution in [2.45, 2.75) is 31.7 Å². The number of nitrogens with one attached hydrogen (secondary N) is 1. The van der Waals surface area contributed by atoms with Crippen LogP contribution in [0.1, 0.15) is 36.8 Å². The van der Waals surface area contributed by atoms with Crippen molar-refractivity contribution in [3.63, 3.8) is 0 Å². The van der Waals surface area contributed by atoms with Crippen LogP contribution in [-0.4, -0.2) is 6.04 Å². The number of benzene rings is 1. The van der Waals surface area contributed by atoms with Crippen molar-refractivity contribution >= 4 is 5.69 Å². The smallest absolute Gasteiger partial charge is 0.101 e. The van der Waals surface area contributed by atoms with Gasteiger partial charge in [-0.2, -0.15) is 15.8 Å². The molecule has 1 N–H and O–H groups in total. The molecule has 0 aromatic heterocycles. The zero-order chi connectivity index (χ0) is 13.7. The Labute approximate surface area is 112 Å². The molecule has 2 rings (SSSR count). The highest BCUT2D eigenvalue weighted by Crippen LogP contribution is 2.27. The molecular formula is C15H14N4. The SMILES string of the molecule is N#Cc1ccc(NC2CCCCC2C#N)cc1C#N. The first kappa shape index (κ1) is 12.9. The minimum Gasteiger partial charge on any atom is -0.381 e. The van der Waals surface area contributed by atoms with E-state index >= 15 is 0 Å². The van der Waals surface area contributed by atoms with Crippen LogP contribution in [0, 0.1) is 39.9 Å². The molecule has 4 nitrogen and oxygen atoms in total. The van der Waals surface area contributed by atoms with Gasteiger partial charge in [0.15, 0.2) is 0 Å². The Morgan fingerprint density at radius 2 is 1.74 bits per heavy atom. The summed E-state index contributed by atoms with van der Waals surface area (Å²) in [7, 11) is 0. The van der Waals surface area contributed by atoms with Gasteiger partial charge in [-0.05, 0) is 31.0 Å². The third-order valence-corrected chi connectivity index (χ3v) is 3.54. The molecule has 0 radical (unpaired) electrons. The Hall–Kier alpha value is -2.51. The lowest BCUT2D eigenvalue weighted by molar-refractivity contribution is 0.389. The van der Waals surface area contributed by atoms with E-state index < -0.39 is 0 Å². The standard InChI is InChI=1S/C15H14N4/c16-8-11-5-6-14(7-13(11)10-18)19-15-4-2-1-3-12(15)9-17/h5-7,12,15,19H,1-4H2. The summed E-state index contributed by atoms with van der Waals surface area (Å²) in [5, 5.41) is 30.3. The summed E-state index contributed by atoms with van der Waals surface area (Å²) >= 11 is 0. The molecule has 0 amide bonds. The molecule has 0 heterocycles. The van der Waals surface area contributed by atoms with Gasteiger partial charge in [-0.15, -0.1) is 0 Å². The summed E-state index contributed by atoms with van der Waals surface area (Å²) in [6.45, 7) is 0. The molecule has 0 saturated heterocycles. The van der Waals surface area contributed by atoms with E-state index in [0.29, 0.717) is 11.1 Å². The first-order valence-corrected chi connectivity index (χ1v) is 6.39. The molecule has 2 unspecified atom stereocenters. The first-order chi connectivity index (χ1) is 9.28. The van der Waals surface area contributed by atoms with Crippen molar-refractivity contribution in [3.05, 3.63) is 29.3 Å². The van der Waals surface area contributed by atoms with Crippen LogP contribution in [0.5, 0.6) is 0 Å². The van der Waals surface area contributed by atoms with Crippen LogP contribution in [0.2, 0.25) is 0 Å². The molecule has 1 saturated carbocycles. The van der Waals surface area contributed by atoms with Crippen LogP contribution >= 0.6 is 0 Å². The predicted octanol–water partition coefficient (Wildman–Crippen LogP) is 2.92. The van der Waals surface area contributed by atoms with Gasteiger partial charge < -0.3 is 5.32 Å². The molecule has 1 aromatic rings. The van der Waals surface area contributed by atoms with Gasteiger partial charge in [-0.25, -0.2) is 0 Å². The van der Waals surface area contributed by atoms with Crippen LogP contribution in [0.4, 0.5) is 5.69 Å². The van der Waals surface area contributed by atoms with Gasteiger partial charge in [0, 0.05) is 11.7 Å². The first-order valence-electron chi connectivity index (χ1n) is 6.39. The van der Waals surface area contributed by atoms with Crippen molar-refractivity contribution in [1.82, 2.24) is 0 Å². The third kappa shape index (κ3) is 2.84. The molecular weight excluding hydrogens is 236 g/mol. The Balaban J connectivity index is 2.18. The number of hydrogen-bond acceptors (Lipinski definition) is 4. The number of anilines is 1. The summed E-state index contributed by atoms with van der Waals surface area (Å²) in [6.07, 6.45) is 4.13. The minimum absolute atomic E-state index is 0.0231. The van der Waals surface area contributed by atoms with Crippen molar-refractivity contribution in [2.24, 2.45) is 5.92 Å². The second kappa shape index (κ2) is 5.89. The number of hydrogen-bond donors (Lipinski definition) is 1. The van der Waals surface area contributed by atoms with Crippen LogP contribution < -0.4 is 5.32 Å². The number of rotatable bonds is 2. The van der Waals surface area contributed by atoms with Gasteiger partial charge in [0.1, 0.15) is 12.1 Å². The highest BCUT2D eigenvalue weighted by atomic mass is 14.9. The molecule has 0 aliphatic heterocycles. The van der Waals surface area contributed by atoms with Crippen LogP contribution in [0.15, 0.2) is 18.2 Å². The predicted molar refractivity (Wildman–Crippen MR) is 70.9 cm³/mol. The fourth-order valence-electron chi connectivity index (χ4n) is 2.50. The molecule has 1 aliphatic carbocycles. The Morgan fingerprint density at radius 1 is 1.00 bits per heavy atom. The molecule has 4 heteroatoms. The highest BCUT2D eigenvalue weighted by molar-refractivity contribution is 5.56. The van der Waals surface area contributed by atoms with Crippen molar-refractivity contribution < 1.29 is 0 Å².